The first-order valence-corrected chi connectivity index (χ1v) is 14.3. The van der Waals surface area contributed by atoms with E-state index in [1.165, 1.54) is 6.92 Å². The third-order valence-corrected chi connectivity index (χ3v) is 6.64. The van der Waals surface area contributed by atoms with Gasteiger partial charge in [0.25, 0.3) is 0 Å². The zero-order valence-electron chi connectivity index (χ0n) is 24.7. The summed E-state index contributed by atoms with van der Waals surface area (Å²) in [6.45, 7) is 7.22. The second kappa shape index (κ2) is 13.2. The first-order valence-electron chi connectivity index (χ1n) is 13.9. The van der Waals surface area contributed by atoms with Crippen molar-refractivity contribution in [3.8, 4) is 11.3 Å². The lowest BCUT2D eigenvalue weighted by Crippen LogP contribution is -2.42. The summed E-state index contributed by atoms with van der Waals surface area (Å²) in [5.41, 5.74) is 7.46. The Morgan fingerprint density at radius 3 is 2.64 bits per heavy atom. The minimum atomic E-state index is -0.877. The number of rotatable bonds is 10. The Morgan fingerprint density at radius 2 is 1.84 bits per heavy atom. The van der Waals surface area contributed by atoms with Crippen molar-refractivity contribution in [2.24, 2.45) is 0 Å². The lowest BCUT2D eigenvalue weighted by molar-refractivity contribution is -0.146. The van der Waals surface area contributed by atoms with E-state index in [2.05, 4.69) is 32.2 Å². The Labute approximate surface area is 258 Å². The lowest BCUT2D eigenvalue weighted by Gasteiger charge is -2.21. The van der Waals surface area contributed by atoms with Crippen molar-refractivity contribution in [1.29, 1.82) is 0 Å². The molecule has 5 aromatic rings. The van der Waals surface area contributed by atoms with Gasteiger partial charge in [-0.05, 0) is 75.7 Å². The molecule has 0 aliphatic carbocycles. The number of carbonyl (C=O) groups is 2. The van der Waals surface area contributed by atoms with Crippen LogP contribution >= 0.6 is 11.6 Å². The second-order valence-electron chi connectivity index (χ2n) is 11.0. The van der Waals surface area contributed by atoms with Gasteiger partial charge in [-0.1, -0.05) is 35.0 Å². The summed E-state index contributed by atoms with van der Waals surface area (Å²) in [5, 5.41) is 12.5. The quantitative estimate of drug-likeness (QED) is 0.116. The van der Waals surface area contributed by atoms with Crippen molar-refractivity contribution < 1.29 is 23.9 Å². The molecule has 0 fully saturated rings. The number of halogens is 1. The van der Waals surface area contributed by atoms with Crippen molar-refractivity contribution in [3.63, 3.8) is 0 Å². The molecular weight excluding hydrogens is 586 g/mol. The summed E-state index contributed by atoms with van der Waals surface area (Å²) in [5.74, 6) is -0.614. The monoisotopic (exact) mass is 617 g/mol. The van der Waals surface area contributed by atoms with Crippen LogP contribution in [0.2, 0.25) is 5.02 Å². The van der Waals surface area contributed by atoms with Crippen LogP contribution in [-0.4, -0.2) is 61.9 Å². The molecule has 2 aromatic carbocycles. The van der Waals surface area contributed by atoms with E-state index in [-0.39, 0.29) is 13.2 Å². The van der Waals surface area contributed by atoms with Crippen molar-refractivity contribution in [3.05, 3.63) is 77.4 Å². The van der Waals surface area contributed by atoms with E-state index < -0.39 is 23.7 Å². The summed E-state index contributed by atoms with van der Waals surface area (Å²) in [7, 11) is 0. The zero-order valence-corrected chi connectivity index (χ0v) is 25.5. The predicted octanol–water partition coefficient (Wildman–Crippen LogP) is 5.54. The standard InChI is InChI=1S/C31H32ClN7O5/c1-19(34-30(41)44-31(2,3)4)29(40)42-14-15-43-37-26-10-8-22(17-23(26)32)25-11-12-27-28(35-25)39(38-36-27)18-20-7-9-24-21(16-20)6-5-13-33-24/h5-13,16-17,19,37H,14-15,18H2,1-4H3,(H,34,41)/t19-/m0/s1. The highest BCUT2D eigenvalue weighted by atomic mass is 35.5. The van der Waals surface area contributed by atoms with Gasteiger partial charge >= 0.3 is 12.1 Å². The Kier molecular flexibility index (Phi) is 9.21. The van der Waals surface area contributed by atoms with Crippen LogP contribution in [-0.2, 0) is 25.7 Å². The van der Waals surface area contributed by atoms with Crippen LogP contribution in [0.3, 0.4) is 0 Å². The van der Waals surface area contributed by atoms with E-state index in [9.17, 15) is 9.59 Å². The summed E-state index contributed by atoms with van der Waals surface area (Å²) in [6.07, 6.45) is 1.08. The lowest BCUT2D eigenvalue weighted by atomic mass is 10.1. The number of carbonyl (C=O) groups excluding carboxylic acids is 2. The number of hydrogen-bond acceptors (Lipinski definition) is 10. The number of amides is 1. The van der Waals surface area contributed by atoms with Crippen LogP contribution in [0.4, 0.5) is 10.5 Å². The van der Waals surface area contributed by atoms with E-state index in [4.69, 9.17) is 30.9 Å². The van der Waals surface area contributed by atoms with E-state index >= 15 is 0 Å². The number of pyridine rings is 2. The minimum Gasteiger partial charge on any atom is -0.462 e. The summed E-state index contributed by atoms with van der Waals surface area (Å²) < 4.78 is 12.0. The molecule has 5 rings (SSSR count). The van der Waals surface area contributed by atoms with Crippen LogP contribution in [0.5, 0.6) is 0 Å². The van der Waals surface area contributed by atoms with Crippen LogP contribution in [0.25, 0.3) is 33.3 Å². The number of benzene rings is 2. The Balaban J connectivity index is 1.15. The Bertz CT molecular complexity index is 1800. The van der Waals surface area contributed by atoms with Gasteiger partial charge in [0, 0.05) is 17.1 Å². The average Bonchev–Trinajstić information content (AvgIpc) is 3.38. The third-order valence-electron chi connectivity index (χ3n) is 6.32. The molecule has 3 aromatic heterocycles. The fourth-order valence-electron chi connectivity index (χ4n) is 4.26. The molecule has 0 unspecified atom stereocenters. The van der Waals surface area contributed by atoms with Crippen molar-refractivity contribution in [2.75, 3.05) is 18.7 Å². The SMILES string of the molecule is C[C@H](NC(=O)OC(C)(C)C)C(=O)OCCONc1ccc(-c2ccc3nnn(Cc4ccc5ncccc5c4)c3n2)cc1Cl. The van der Waals surface area contributed by atoms with Gasteiger partial charge in [0.05, 0.1) is 28.5 Å². The smallest absolute Gasteiger partial charge is 0.408 e. The van der Waals surface area contributed by atoms with Crippen LogP contribution in [0.15, 0.2) is 66.9 Å². The minimum absolute atomic E-state index is 0.0381. The fraction of sp³-hybridized carbons (Fsp3) is 0.290. The molecule has 0 spiro atoms. The molecule has 1 atom stereocenters. The number of nitrogens with one attached hydrogen (secondary N) is 2. The van der Waals surface area contributed by atoms with Gasteiger partial charge in [-0.3, -0.25) is 15.3 Å². The van der Waals surface area contributed by atoms with Gasteiger partial charge in [-0.2, -0.15) is 0 Å². The third kappa shape index (κ3) is 7.77. The largest absolute Gasteiger partial charge is 0.462 e. The van der Waals surface area contributed by atoms with Gasteiger partial charge in [0.15, 0.2) is 5.65 Å². The molecule has 1 amide bonds. The molecular formula is C31H32ClN7O5. The molecule has 0 aliphatic heterocycles. The summed E-state index contributed by atoms with van der Waals surface area (Å²) >= 11 is 6.52. The number of hydrogen-bond donors (Lipinski definition) is 2. The van der Waals surface area contributed by atoms with Gasteiger partial charge in [0.2, 0.25) is 0 Å². The first kappa shape index (κ1) is 30.6. The molecule has 12 nitrogen and oxygen atoms in total. The fourth-order valence-corrected chi connectivity index (χ4v) is 4.47. The average molecular weight is 618 g/mol. The first-order chi connectivity index (χ1) is 21.1. The van der Waals surface area contributed by atoms with Gasteiger partial charge < -0.3 is 14.8 Å². The number of alkyl carbamates (subject to hydrolysis) is 1. The highest BCUT2D eigenvalue weighted by Crippen LogP contribution is 2.29. The predicted molar refractivity (Wildman–Crippen MR) is 166 cm³/mol. The molecule has 228 valence electrons. The molecule has 0 saturated heterocycles. The number of anilines is 1. The molecule has 3 heterocycles. The molecule has 0 saturated carbocycles. The topological polar surface area (TPSA) is 142 Å². The van der Waals surface area contributed by atoms with Crippen LogP contribution < -0.4 is 10.8 Å². The van der Waals surface area contributed by atoms with Crippen LogP contribution in [0, 0.1) is 0 Å². The van der Waals surface area contributed by atoms with E-state index in [1.54, 1.807) is 43.8 Å². The maximum Gasteiger partial charge on any atom is 0.408 e. The normalized spacial score (nSPS) is 12.2. The second-order valence-corrected chi connectivity index (χ2v) is 11.4. The number of esters is 1. The summed E-state index contributed by atoms with van der Waals surface area (Å²) in [4.78, 5) is 38.5. The van der Waals surface area contributed by atoms with E-state index in [0.717, 1.165) is 22.0 Å². The molecule has 0 bridgehead atoms. The van der Waals surface area contributed by atoms with Gasteiger partial charge in [-0.15, -0.1) is 5.10 Å². The maximum atomic E-state index is 12.1. The molecule has 0 radical (unpaired) electrons. The van der Waals surface area contributed by atoms with E-state index in [1.807, 2.05) is 42.5 Å². The zero-order chi connectivity index (χ0) is 31.3. The Hall–Kier alpha value is -4.81. The number of fused-ring (bicyclic) bond motifs is 2. The maximum absolute atomic E-state index is 12.1. The number of aromatic nitrogens is 5. The molecule has 44 heavy (non-hydrogen) atoms. The van der Waals surface area contributed by atoms with Crippen LogP contribution in [0.1, 0.15) is 33.3 Å². The number of ether oxygens (including phenoxy) is 2. The van der Waals surface area contributed by atoms with Crippen molar-refractivity contribution >= 4 is 51.4 Å². The van der Waals surface area contributed by atoms with Crippen molar-refractivity contribution in [1.82, 2.24) is 30.3 Å². The number of nitrogens with zero attached hydrogens (tertiary/aromatic N) is 5. The van der Waals surface area contributed by atoms with E-state index in [0.29, 0.717) is 34.1 Å². The summed E-state index contributed by atoms with van der Waals surface area (Å²) in [6, 6.07) is 18.3. The molecule has 2 N–H and O–H groups in total. The Morgan fingerprint density at radius 1 is 1.02 bits per heavy atom. The molecule has 13 heteroatoms. The molecule has 0 aliphatic rings. The van der Waals surface area contributed by atoms with Gasteiger partial charge in [-0.25, -0.2) is 19.3 Å². The highest BCUT2D eigenvalue weighted by Gasteiger charge is 2.22. The van der Waals surface area contributed by atoms with Gasteiger partial charge in [0.1, 0.15) is 30.4 Å². The highest BCUT2D eigenvalue weighted by molar-refractivity contribution is 6.33. The van der Waals surface area contributed by atoms with Crippen molar-refractivity contribution in [2.45, 2.75) is 45.9 Å².